The molecule has 17 heavy (non-hydrogen) atoms. The highest BCUT2D eigenvalue weighted by molar-refractivity contribution is 7.21. The summed E-state index contributed by atoms with van der Waals surface area (Å²) in [5.41, 5.74) is 6.46. The molecule has 0 bridgehead atoms. The van der Waals surface area contributed by atoms with Crippen LogP contribution in [0.2, 0.25) is 0 Å². The molecule has 2 N–H and O–H groups in total. The Labute approximate surface area is 103 Å². The van der Waals surface area contributed by atoms with Gasteiger partial charge in [-0.25, -0.2) is 0 Å². The lowest BCUT2D eigenvalue weighted by molar-refractivity contribution is 0.0818. The van der Waals surface area contributed by atoms with E-state index in [1.165, 1.54) is 16.2 Å². The SMILES string of the molecule is C#CCN(C)C(=O)c1sc2cnccc2c1N. The molecule has 2 heterocycles. The molecule has 4 nitrogen and oxygen atoms in total. The van der Waals surface area contributed by atoms with Crippen molar-refractivity contribution in [3.63, 3.8) is 0 Å². The summed E-state index contributed by atoms with van der Waals surface area (Å²) < 4.78 is 0.905. The lowest BCUT2D eigenvalue weighted by Gasteiger charge is -2.12. The lowest BCUT2D eigenvalue weighted by Crippen LogP contribution is -2.26. The maximum absolute atomic E-state index is 12.1. The summed E-state index contributed by atoms with van der Waals surface area (Å²) in [5, 5.41) is 0.863. The first kappa shape index (κ1) is 11.4. The van der Waals surface area contributed by atoms with Gasteiger partial charge in [-0.15, -0.1) is 17.8 Å². The number of amides is 1. The number of anilines is 1. The van der Waals surface area contributed by atoms with Gasteiger partial charge in [0.25, 0.3) is 5.91 Å². The number of nitrogens with two attached hydrogens (primary N) is 1. The maximum atomic E-state index is 12.1. The van der Waals surface area contributed by atoms with Gasteiger partial charge >= 0.3 is 0 Å². The largest absolute Gasteiger partial charge is 0.397 e. The van der Waals surface area contributed by atoms with Crippen LogP contribution in [0.1, 0.15) is 9.67 Å². The quantitative estimate of drug-likeness (QED) is 0.817. The molecule has 0 aromatic carbocycles. The summed E-state index contributed by atoms with van der Waals surface area (Å²) in [7, 11) is 1.66. The molecule has 0 aliphatic rings. The van der Waals surface area contributed by atoms with E-state index in [1.807, 2.05) is 0 Å². The standard InChI is InChI=1S/C12H11N3OS/c1-3-6-15(2)12(16)11-10(13)8-4-5-14-7-9(8)17-11/h1,4-5,7H,6,13H2,2H3. The summed E-state index contributed by atoms with van der Waals surface area (Å²) in [6.45, 7) is 0.269. The first-order valence-electron chi connectivity index (χ1n) is 4.96. The highest BCUT2D eigenvalue weighted by atomic mass is 32.1. The van der Waals surface area contributed by atoms with Crippen LogP contribution in [0.4, 0.5) is 5.69 Å². The van der Waals surface area contributed by atoms with Crippen molar-refractivity contribution in [2.45, 2.75) is 0 Å². The van der Waals surface area contributed by atoms with Crippen LogP contribution in [-0.2, 0) is 0 Å². The number of terminal acetylenes is 1. The number of nitrogen functional groups attached to an aromatic ring is 1. The van der Waals surface area contributed by atoms with E-state index in [0.717, 1.165) is 10.1 Å². The number of nitrogens with zero attached hydrogens (tertiary/aromatic N) is 2. The minimum atomic E-state index is -0.151. The van der Waals surface area contributed by atoms with Gasteiger partial charge in [0, 0.05) is 24.8 Å². The molecule has 0 atom stereocenters. The summed E-state index contributed by atoms with van der Waals surface area (Å²) in [6.07, 6.45) is 8.54. The van der Waals surface area contributed by atoms with E-state index >= 15 is 0 Å². The van der Waals surface area contributed by atoms with E-state index < -0.39 is 0 Å². The Hall–Kier alpha value is -2.06. The van der Waals surface area contributed by atoms with E-state index in [2.05, 4.69) is 10.9 Å². The predicted molar refractivity (Wildman–Crippen MR) is 69.8 cm³/mol. The van der Waals surface area contributed by atoms with Crippen molar-refractivity contribution in [2.24, 2.45) is 0 Å². The molecule has 2 aromatic heterocycles. The van der Waals surface area contributed by atoms with Gasteiger partial charge in [-0.2, -0.15) is 0 Å². The first-order valence-corrected chi connectivity index (χ1v) is 5.77. The van der Waals surface area contributed by atoms with Crippen LogP contribution >= 0.6 is 11.3 Å². The smallest absolute Gasteiger partial charge is 0.266 e. The zero-order valence-electron chi connectivity index (χ0n) is 9.30. The van der Waals surface area contributed by atoms with Crippen molar-refractivity contribution in [3.8, 4) is 12.3 Å². The molecule has 0 unspecified atom stereocenters. The number of hydrogen-bond donors (Lipinski definition) is 1. The average molecular weight is 245 g/mol. The lowest BCUT2D eigenvalue weighted by atomic mass is 10.2. The second-order valence-corrected chi connectivity index (χ2v) is 4.63. The highest BCUT2D eigenvalue weighted by Crippen LogP contribution is 2.33. The van der Waals surface area contributed by atoms with E-state index in [-0.39, 0.29) is 12.5 Å². The van der Waals surface area contributed by atoms with Crippen molar-refractivity contribution < 1.29 is 4.79 Å². The van der Waals surface area contributed by atoms with Crippen LogP contribution in [0.25, 0.3) is 10.1 Å². The predicted octanol–water partition coefficient (Wildman–Crippen LogP) is 1.58. The van der Waals surface area contributed by atoms with Gasteiger partial charge in [0.2, 0.25) is 0 Å². The Balaban J connectivity index is 2.46. The van der Waals surface area contributed by atoms with Crippen LogP contribution in [0.3, 0.4) is 0 Å². The number of carbonyl (C=O) groups is 1. The number of carbonyl (C=O) groups excluding carboxylic acids is 1. The van der Waals surface area contributed by atoms with Gasteiger partial charge in [0.1, 0.15) is 4.88 Å². The molecule has 0 aliphatic heterocycles. The third-order valence-corrected chi connectivity index (χ3v) is 3.54. The number of rotatable bonds is 2. The molecule has 86 valence electrons. The zero-order chi connectivity index (χ0) is 12.4. The minimum Gasteiger partial charge on any atom is -0.397 e. The number of pyridine rings is 1. The van der Waals surface area contributed by atoms with Gasteiger partial charge in [0.05, 0.1) is 16.9 Å². The fraction of sp³-hybridized carbons (Fsp3) is 0.167. The monoisotopic (exact) mass is 245 g/mol. The fourth-order valence-corrected chi connectivity index (χ4v) is 2.60. The van der Waals surface area contributed by atoms with E-state index in [4.69, 9.17) is 12.2 Å². The van der Waals surface area contributed by atoms with E-state index in [1.54, 1.807) is 25.5 Å². The molecule has 2 rings (SSSR count). The summed E-state index contributed by atoms with van der Waals surface area (Å²) in [6, 6.07) is 1.80. The summed E-state index contributed by atoms with van der Waals surface area (Å²) >= 11 is 1.34. The number of aromatic nitrogens is 1. The number of fused-ring (bicyclic) bond motifs is 1. The Bertz CT molecular complexity index is 612. The molecule has 0 spiro atoms. The number of thiophene rings is 1. The van der Waals surface area contributed by atoms with Crippen molar-refractivity contribution in [2.75, 3.05) is 19.3 Å². The minimum absolute atomic E-state index is 0.151. The molecular formula is C12H11N3OS. The Kier molecular flexibility index (Phi) is 2.98. The molecule has 2 aromatic rings. The van der Waals surface area contributed by atoms with Gasteiger partial charge < -0.3 is 10.6 Å². The first-order chi connectivity index (χ1) is 8.15. The summed E-state index contributed by atoms with van der Waals surface area (Å²) in [4.78, 5) is 18.1. The second kappa shape index (κ2) is 4.44. The fourth-order valence-electron chi connectivity index (χ4n) is 1.51. The molecule has 0 radical (unpaired) electrons. The maximum Gasteiger partial charge on any atom is 0.266 e. The normalized spacial score (nSPS) is 10.1. The van der Waals surface area contributed by atoms with Gasteiger partial charge in [-0.1, -0.05) is 5.92 Å². The van der Waals surface area contributed by atoms with Crippen LogP contribution in [0, 0.1) is 12.3 Å². The van der Waals surface area contributed by atoms with Crippen LogP contribution < -0.4 is 5.73 Å². The van der Waals surface area contributed by atoms with Crippen molar-refractivity contribution in [1.29, 1.82) is 0 Å². The highest BCUT2D eigenvalue weighted by Gasteiger charge is 2.18. The Morgan fingerprint density at radius 1 is 1.71 bits per heavy atom. The van der Waals surface area contributed by atoms with Crippen LogP contribution in [0.5, 0.6) is 0 Å². The van der Waals surface area contributed by atoms with Crippen molar-refractivity contribution in [1.82, 2.24) is 9.88 Å². The molecule has 5 heteroatoms. The van der Waals surface area contributed by atoms with Crippen LogP contribution in [-0.4, -0.2) is 29.4 Å². The second-order valence-electron chi connectivity index (χ2n) is 3.58. The van der Waals surface area contributed by atoms with Crippen molar-refractivity contribution in [3.05, 3.63) is 23.3 Å². The molecule has 0 saturated heterocycles. The Morgan fingerprint density at radius 2 is 2.47 bits per heavy atom. The molecule has 1 amide bonds. The van der Waals surface area contributed by atoms with Crippen molar-refractivity contribution >= 4 is 33.0 Å². The average Bonchev–Trinajstić information content (AvgIpc) is 2.67. The molecule has 0 fully saturated rings. The van der Waals surface area contributed by atoms with Gasteiger partial charge in [0.15, 0.2) is 0 Å². The van der Waals surface area contributed by atoms with Crippen LogP contribution in [0.15, 0.2) is 18.5 Å². The molecular weight excluding hydrogens is 234 g/mol. The third-order valence-electron chi connectivity index (χ3n) is 2.40. The molecule has 0 saturated carbocycles. The molecule has 0 aliphatic carbocycles. The summed E-state index contributed by atoms with van der Waals surface area (Å²) in [5.74, 6) is 2.28. The van der Waals surface area contributed by atoms with E-state index in [0.29, 0.717) is 10.6 Å². The number of hydrogen-bond acceptors (Lipinski definition) is 4. The Morgan fingerprint density at radius 3 is 3.12 bits per heavy atom. The van der Waals surface area contributed by atoms with Gasteiger partial charge in [-0.05, 0) is 6.07 Å². The third kappa shape index (κ3) is 1.95. The van der Waals surface area contributed by atoms with E-state index in [9.17, 15) is 4.79 Å². The zero-order valence-corrected chi connectivity index (χ0v) is 10.1. The topological polar surface area (TPSA) is 59.2 Å². The van der Waals surface area contributed by atoms with Gasteiger partial charge in [-0.3, -0.25) is 9.78 Å².